The molecule has 0 spiro atoms. The van der Waals surface area contributed by atoms with Crippen molar-refractivity contribution in [1.29, 1.82) is 0 Å². The van der Waals surface area contributed by atoms with Crippen LogP contribution in [0.4, 0.5) is 5.69 Å². The second-order valence-corrected chi connectivity index (χ2v) is 5.14. The molecule has 0 saturated heterocycles. The lowest BCUT2D eigenvalue weighted by atomic mass is 10.1. The maximum absolute atomic E-state index is 4.69. The number of anilines is 1. The maximum Gasteiger partial charge on any atom is 0.127 e. The van der Waals surface area contributed by atoms with Gasteiger partial charge in [0.05, 0.1) is 6.54 Å². The summed E-state index contributed by atoms with van der Waals surface area (Å²) in [6.45, 7) is 2.48. The van der Waals surface area contributed by atoms with Crippen LogP contribution in [-0.2, 0) is 6.54 Å². The summed E-state index contributed by atoms with van der Waals surface area (Å²) in [4.78, 5) is 0. The van der Waals surface area contributed by atoms with E-state index in [-0.39, 0.29) is 0 Å². The number of hydrogen-bond acceptors (Lipinski definition) is 4. The fourth-order valence-electron chi connectivity index (χ4n) is 2.01. The van der Waals surface area contributed by atoms with Crippen LogP contribution in [0, 0.1) is 6.92 Å². The van der Waals surface area contributed by atoms with Gasteiger partial charge >= 0.3 is 0 Å². The molecule has 19 heavy (non-hydrogen) atoms. The van der Waals surface area contributed by atoms with Gasteiger partial charge in [-0.05, 0) is 24.4 Å². The highest BCUT2D eigenvalue weighted by Crippen LogP contribution is 2.30. The van der Waals surface area contributed by atoms with E-state index < -0.39 is 0 Å². The quantitative estimate of drug-likeness (QED) is 0.795. The summed E-state index contributed by atoms with van der Waals surface area (Å²) in [7, 11) is 0. The first-order valence-electron chi connectivity index (χ1n) is 5.95. The molecular weight excluding hydrogens is 306 g/mol. The predicted octanol–water partition coefficient (Wildman–Crippen LogP) is 3.91. The minimum absolute atomic E-state index is 0.598. The van der Waals surface area contributed by atoms with Crippen LogP contribution in [0.5, 0.6) is 0 Å². The Hall–Kier alpha value is -1.88. The van der Waals surface area contributed by atoms with Crippen LogP contribution in [0.1, 0.15) is 11.4 Å². The largest absolute Gasteiger partial charge is 0.379 e. The Bertz CT molecular complexity index is 724. The van der Waals surface area contributed by atoms with E-state index in [0.29, 0.717) is 6.54 Å². The minimum Gasteiger partial charge on any atom is -0.379 e. The fourth-order valence-corrected chi connectivity index (χ4v) is 2.48. The van der Waals surface area contributed by atoms with E-state index in [1.165, 1.54) is 10.8 Å². The summed E-state index contributed by atoms with van der Waals surface area (Å²) in [6, 6.07) is 12.3. The maximum atomic E-state index is 4.69. The summed E-state index contributed by atoms with van der Waals surface area (Å²) < 4.78 is 5.78. The SMILES string of the molecule is Cc1nonc1CNc1ccc(Br)c2ccccc12. The summed E-state index contributed by atoms with van der Waals surface area (Å²) in [5.74, 6) is 0. The molecule has 96 valence electrons. The number of fused-ring (bicyclic) bond motifs is 1. The second kappa shape index (κ2) is 5.01. The van der Waals surface area contributed by atoms with Gasteiger partial charge in [-0.2, -0.15) is 0 Å². The molecule has 0 unspecified atom stereocenters. The number of halogens is 1. The van der Waals surface area contributed by atoms with Crippen LogP contribution in [-0.4, -0.2) is 10.3 Å². The van der Waals surface area contributed by atoms with Gasteiger partial charge in [0.2, 0.25) is 0 Å². The first-order valence-corrected chi connectivity index (χ1v) is 6.74. The Labute approximate surface area is 118 Å². The van der Waals surface area contributed by atoms with Gasteiger partial charge < -0.3 is 5.32 Å². The fraction of sp³-hybridized carbons (Fsp3) is 0.143. The molecule has 0 atom stereocenters. The van der Waals surface area contributed by atoms with Crippen LogP contribution in [0.3, 0.4) is 0 Å². The van der Waals surface area contributed by atoms with Crippen LogP contribution in [0.2, 0.25) is 0 Å². The zero-order valence-electron chi connectivity index (χ0n) is 10.4. The van der Waals surface area contributed by atoms with Crippen molar-refractivity contribution < 1.29 is 4.63 Å². The molecule has 3 aromatic rings. The number of rotatable bonds is 3. The van der Waals surface area contributed by atoms with Gasteiger partial charge in [0.1, 0.15) is 11.4 Å². The molecule has 0 aliphatic rings. The molecule has 0 saturated carbocycles. The first kappa shape index (κ1) is 12.2. The molecule has 0 bridgehead atoms. The Morgan fingerprint density at radius 2 is 1.89 bits per heavy atom. The van der Waals surface area contributed by atoms with Gasteiger partial charge in [-0.25, -0.2) is 4.63 Å². The molecule has 3 rings (SSSR count). The van der Waals surface area contributed by atoms with E-state index in [1.807, 2.05) is 25.1 Å². The molecular formula is C14H12BrN3O. The van der Waals surface area contributed by atoms with Gasteiger partial charge in [0.25, 0.3) is 0 Å². The van der Waals surface area contributed by atoms with E-state index in [4.69, 9.17) is 4.63 Å². The van der Waals surface area contributed by atoms with Gasteiger partial charge in [0, 0.05) is 15.5 Å². The lowest BCUT2D eigenvalue weighted by Crippen LogP contribution is -2.01. The predicted molar refractivity (Wildman–Crippen MR) is 78.0 cm³/mol. The second-order valence-electron chi connectivity index (χ2n) is 4.29. The monoisotopic (exact) mass is 317 g/mol. The van der Waals surface area contributed by atoms with Gasteiger partial charge in [-0.1, -0.05) is 50.5 Å². The molecule has 4 nitrogen and oxygen atoms in total. The Balaban J connectivity index is 1.93. The lowest BCUT2D eigenvalue weighted by Gasteiger charge is -2.09. The molecule has 5 heteroatoms. The number of nitrogens with one attached hydrogen (secondary N) is 1. The van der Waals surface area contributed by atoms with Crippen molar-refractivity contribution in [3.05, 3.63) is 52.3 Å². The standard InChI is InChI=1S/C14H12BrN3O/c1-9-14(18-19-17-9)8-16-13-7-6-12(15)10-4-2-3-5-11(10)13/h2-7,16H,8H2,1H3. The Morgan fingerprint density at radius 3 is 2.63 bits per heavy atom. The van der Waals surface area contributed by atoms with Crippen molar-refractivity contribution in [2.45, 2.75) is 13.5 Å². The molecule has 1 aromatic heterocycles. The van der Waals surface area contributed by atoms with Crippen molar-refractivity contribution in [3.8, 4) is 0 Å². The third-order valence-corrected chi connectivity index (χ3v) is 3.76. The van der Waals surface area contributed by atoms with Crippen LogP contribution >= 0.6 is 15.9 Å². The van der Waals surface area contributed by atoms with E-state index >= 15 is 0 Å². The summed E-state index contributed by atoms with van der Waals surface area (Å²) >= 11 is 3.57. The average Bonchev–Trinajstić information content (AvgIpc) is 2.84. The van der Waals surface area contributed by atoms with Gasteiger partial charge in [-0.3, -0.25) is 0 Å². The molecule has 0 amide bonds. The third-order valence-electron chi connectivity index (χ3n) is 3.06. The third kappa shape index (κ3) is 2.33. The summed E-state index contributed by atoms with van der Waals surface area (Å²) in [5.41, 5.74) is 2.71. The molecule has 0 radical (unpaired) electrons. The number of aryl methyl sites for hydroxylation is 1. The van der Waals surface area contributed by atoms with E-state index in [2.05, 4.69) is 49.8 Å². The lowest BCUT2D eigenvalue weighted by molar-refractivity contribution is 0.301. The number of hydrogen-bond donors (Lipinski definition) is 1. The van der Waals surface area contributed by atoms with E-state index in [1.54, 1.807) is 0 Å². The topological polar surface area (TPSA) is 51.0 Å². The molecule has 1 heterocycles. The van der Waals surface area contributed by atoms with E-state index in [9.17, 15) is 0 Å². The van der Waals surface area contributed by atoms with Crippen molar-refractivity contribution in [1.82, 2.24) is 10.3 Å². The first-order chi connectivity index (χ1) is 9.25. The van der Waals surface area contributed by atoms with Crippen LogP contribution < -0.4 is 5.32 Å². The number of benzene rings is 2. The number of nitrogens with zero attached hydrogens (tertiary/aromatic N) is 2. The molecule has 0 fully saturated rings. The minimum atomic E-state index is 0.598. The molecule has 0 aliphatic heterocycles. The van der Waals surface area contributed by atoms with E-state index in [0.717, 1.165) is 21.5 Å². The van der Waals surface area contributed by atoms with Crippen LogP contribution in [0.15, 0.2) is 45.5 Å². The van der Waals surface area contributed by atoms with Crippen molar-refractivity contribution in [2.75, 3.05) is 5.32 Å². The zero-order valence-corrected chi connectivity index (χ0v) is 11.9. The van der Waals surface area contributed by atoms with Crippen molar-refractivity contribution in [3.63, 3.8) is 0 Å². The highest BCUT2D eigenvalue weighted by atomic mass is 79.9. The Morgan fingerprint density at radius 1 is 1.11 bits per heavy atom. The highest BCUT2D eigenvalue weighted by Gasteiger charge is 2.07. The van der Waals surface area contributed by atoms with Crippen LogP contribution in [0.25, 0.3) is 10.8 Å². The Kier molecular flexibility index (Phi) is 3.21. The van der Waals surface area contributed by atoms with Crippen molar-refractivity contribution >= 4 is 32.4 Å². The molecule has 0 aliphatic carbocycles. The average molecular weight is 318 g/mol. The van der Waals surface area contributed by atoms with Gasteiger partial charge in [-0.15, -0.1) is 0 Å². The van der Waals surface area contributed by atoms with Gasteiger partial charge in [0.15, 0.2) is 0 Å². The zero-order chi connectivity index (χ0) is 13.2. The summed E-state index contributed by atoms with van der Waals surface area (Å²) in [5, 5.41) is 13.4. The smallest absolute Gasteiger partial charge is 0.127 e. The highest BCUT2D eigenvalue weighted by molar-refractivity contribution is 9.10. The van der Waals surface area contributed by atoms with Crippen molar-refractivity contribution in [2.24, 2.45) is 0 Å². The summed E-state index contributed by atoms with van der Waals surface area (Å²) in [6.07, 6.45) is 0. The normalized spacial score (nSPS) is 10.8. The molecule has 2 aromatic carbocycles. The molecule has 1 N–H and O–H groups in total. The number of aromatic nitrogens is 2.